The van der Waals surface area contributed by atoms with Crippen LogP contribution in [0.5, 0.6) is 5.88 Å². The maximum atomic E-state index is 13.3. The van der Waals surface area contributed by atoms with Crippen LogP contribution in [0, 0.1) is 13.8 Å². The number of aryl methyl sites for hydroxylation is 2. The zero-order chi connectivity index (χ0) is 26.8. The highest BCUT2D eigenvalue weighted by Gasteiger charge is 2.20. The number of amides is 2. The Balaban J connectivity index is 1.80. The molecule has 0 aliphatic carbocycles. The summed E-state index contributed by atoms with van der Waals surface area (Å²) in [4.78, 5) is 29.8. The quantitative estimate of drug-likeness (QED) is 0.373. The van der Waals surface area contributed by atoms with E-state index in [0.717, 1.165) is 32.1 Å². The van der Waals surface area contributed by atoms with E-state index in [-0.39, 0.29) is 25.0 Å². The van der Waals surface area contributed by atoms with Crippen LogP contribution in [0.4, 0.5) is 4.79 Å². The molecule has 0 saturated heterocycles. The van der Waals surface area contributed by atoms with Gasteiger partial charge < -0.3 is 24.7 Å². The van der Waals surface area contributed by atoms with Crippen LogP contribution in [0.15, 0.2) is 28.9 Å². The molecular weight excluding hydrogens is 524 g/mol. The smallest absolute Gasteiger partial charge is 0.407 e. The first kappa shape index (κ1) is 27.5. The Labute approximate surface area is 220 Å². The van der Waals surface area contributed by atoms with Crippen molar-refractivity contribution in [3.8, 4) is 5.88 Å². The fourth-order valence-electron chi connectivity index (χ4n) is 4.11. The molecule has 1 aromatic carbocycles. The number of hydrogen-bond acceptors (Lipinski definition) is 5. The molecule has 3 aromatic rings. The number of pyridine rings is 1. The van der Waals surface area contributed by atoms with Crippen molar-refractivity contribution in [1.82, 2.24) is 20.2 Å². The SMILES string of the molecule is COc1nc(CNC(=O)OC(C)(C)C)cc(C)c1CNC(=O)c1cc(Br)cc2c1c(C)cn2C(C)C. The number of nitrogens with one attached hydrogen (secondary N) is 2. The second kappa shape index (κ2) is 10.9. The normalized spacial score (nSPS) is 11.6. The molecular formula is C27H35BrN4O4. The van der Waals surface area contributed by atoms with E-state index in [1.807, 2.05) is 32.0 Å². The summed E-state index contributed by atoms with van der Waals surface area (Å²) in [6, 6.07) is 6.03. The largest absolute Gasteiger partial charge is 0.481 e. The lowest BCUT2D eigenvalue weighted by atomic mass is 10.1. The third kappa shape index (κ3) is 6.37. The van der Waals surface area contributed by atoms with Gasteiger partial charge in [0.1, 0.15) is 5.60 Å². The molecule has 2 heterocycles. The Kier molecular flexibility index (Phi) is 8.33. The molecule has 9 heteroatoms. The molecule has 0 aliphatic rings. The van der Waals surface area contributed by atoms with Crippen LogP contribution in [0.25, 0.3) is 10.9 Å². The predicted molar refractivity (Wildman–Crippen MR) is 145 cm³/mol. The number of rotatable bonds is 7. The van der Waals surface area contributed by atoms with Crippen molar-refractivity contribution in [2.45, 2.75) is 73.2 Å². The molecule has 2 amide bonds. The molecule has 0 saturated carbocycles. The van der Waals surface area contributed by atoms with Crippen molar-refractivity contribution in [1.29, 1.82) is 0 Å². The second-order valence-corrected chi connectivity index (χ2v) is 11.0. The van der Waals surface area contributed by atoms with E-state index < -0.39 is 11.7 Å². The van der Waals surface area contributed by atoms with Crippen molar-refractivity contribution in [2.24, 2.45) is 0 Å². The molecule has 3 rings (SSSR count). The third-order valence-corrected chi connectivity index (χ3v) is 6.14. The summed E-state index contributed by atoms with van der Waals surface area (Å²) in [5.74, 6) is 0.223. The number of carbonyl (C=O) groups excluding carboxylic acids is 2. The van der Waals surface area contributed by atoms with E-state index in [1.165, 1.54) is 7.11 Å². The Morgan fingerprint density at radius 1 is 1.08 bits per heavy atom. The van der Waals surface area contributed by atoms with E-state index in [4.69, 9.17) is 9.47 Å². The van der Waals surface area contributed by atoms with Crippen molar-refractivity contribution in [3.63, 3.8) is 0 Å². The minimum absolute atomic E-state index is 0.178. The molecule has 2 N–H and O–H groups in total. The summed E-state index contributed by atoms with van der Waals surface area (Å²) in [6.07, 6.45) is 1.57. The summed E-state index contributed by atoms with van der Waals surface area (Å²) in [6.45, 7) is 14.0. The first-order valence-corrected chi connectivity index (χ1v) is 12.7. The molecule has 0 fully saturated rings. The number of fused-ring (bicyclic) bond motifs is 1. The summed E-state index contributed by atoms with van der Waals surface area (Å²) < 4.78 is 13.8. The number of methoxy groups -OCH3 is 1. The summed E-state index contributed by atoms with van der Waals surface area (Å²) in [5, 5.41) is 6.68. The fraction of sp³-hybridized carbons (Fsp3) is 0.444. The van der Waals surface area contributed by atoms with E-state index in [1.54, 1.807) is 20.8 Å². The molecule has 194 valence electrons. The first-order valence-electron chi connectivity index (χ1n) is 11.9. The Morgan fingerprint density at radius 3 is 2.39 bits per heavy atom. The molecule has 2 aromatic heterocycles. The minimum atomic E-state index is -0.580. The average molecular weight is 560 g/mol. The average Bonchev–Trinajstić information content (AvgIpc) is 3.11. The van der Waals surface area contributed by atoms with Gasteiger partial charge in [-0.25, -0.2) is 9.78 Å². The van der Waals surface area contributed by atoms with E-state index in [9.17, 15) is 9.59 Å². The highest BCUT2D eigenvalue weighted by Crippen LogP contribution is 2.31. The van der Waals surface area contributed by atoms with Crippen LogP contribution in [0.1, 0.15) is 73.4 Å². The van der Waals surface area contributed by atoms with Crippen molar-refractivity contribution < 1.29 is 19.1 Å². The van der Waals surface area contributed by atoms with Gasteiger partial charge in [0, 0.05) is 34.2 Å². The summed E-state index contributed by atoms with van der Waals surface area (Å²) >= 11 is 3.56. The van der Waals surface area contributed by atoms with Crippen molar-refractivity contribution in [3.05, 3.63) is 56.8 Å². The molecule has 36 heavy (non-hydrogen) atoms. The number of alkyl carbamates (subject to hydrolysis) is 1. The second-order valence-electron chi connectivity index (χ2n) is 10.1. The van der Waals surface area contributed by atoms with Crippen LogP contribution in [-0.4, -0.2) is 34.3 Å². The van der Waals surface area contributed by atoms with Gasteiger partial charge >= 0.3 is 6.09 Å². The number of aromatic nitrogens is 2. The molecule has 8 nitrogen and oxygen atoms in total. The van der Waals surface area contributed by atoms with Crippen molar-refractivity contribution in [2.75, 3.05) is 7.11 Å². The lowest BCUT2D eigenvalue weighted by Crippen LogP contribution is -2.32. The zero-order valence-corrected chi connectivity index (χ0v) is 23.8. The zero-order valence-electron chi connectivity index (χ0n) is 22.2. The highest BCUT2D eigenvalue weighted by atomic mass is 79.9. The monoisotopic (exact) mass is 558 g/mol. The van der Waals surface area contributed by atoms with Gasteiger partial charge in [0.25, 0.3) is 5.91 Å². The first-order chi connectivity index (χ1) is 16.8. The number of halogens is 1. The molecule has 0 bridgehead atoms. The summed E-state index contributed by atoms with van der Waals surface area (Å²) in [7, 11) is 1.54. The van der Waals surface area contributed by atoms with Gasteiger partial charge in [0.15, 0.2) is 0 Å². The Bertz CT molecular complexity index is 1290. The van der Waals surface area contributed by atoms with Crippen LogP contribution in [0.2, 0.25) is 0 Å². The molecule has 0 radical (unpaired) electrons. The number of carbonyl (C=O) groups is 2. The van der Waals surface area contributed by atoms with Crippen LogP contribution in [-0.2, 0) is 17.8 Å². The van der Waals surface area contributed by atoms with E-state index >= 15 is 0 Å². The highest BCUT2D eigenvalue weighted by molar-refractivity contribution is 9.10. The number of hydrogen-bond donors (Lipinski definition) is 2. The maximum Gasteiger partial charge on any atom is 0.407 e. The van der Waals surface area contributed by atoms with Crippen LogP contribution >= 0.6 is 15.9 Å². The van der Waals surface area contributed by atoms with Gasteiger partial charge in [-0.2, -0.15) is 0 Å². The standard InChI is InChI=1S/C27H35BrN4O4/c1-15(2)32-14-17(4)23-20(10-18(28)11-22(23)32)24(33)29-13-21-16(3)9-19(31-25(21)35-8)12-30-26(34)36-27(5,6)7/h9-11,14-15H,12-13H2,1-8H3,(H,29,33)(H,30,34). The van der Waals surface area contributed by atoms with Gasteiger partial charge in [-0.15, -0.1) is 0 Å². The fourth-order valence-corrected chi connectivity index (χ4v) is 4.56. The van der Waals surface area contributed by atoms with Gasteiger partial charge in [-0.1, -0.05) is 15.9 Å². The van der Waals surface area contributed by atoms with Gasteiger partial charge in [-0.3, -0.25) is 4.79 Å². The third-order valence-electron chi connectivity index (χ3n) is 5.68. The van der Waals surface area contributed by atoms with Crippen LogP contribution in [0.3, 0.4) is 0 Å². The predicted octanol–water partition coefficient (Wildman–Crippen LogP) is 5.96. The number of benzene rings is 1. The van der Waals surface area contributed by atoms with E-state index in [2.05, 4.69) is 56.2 Å². The minimum Gasteiger partial charge on any atom is -0.481 e. The summed E-state index contributed by atoms with van der Waals surface area (Å²) in [5.41, 5.74) is 4.39. The Hall–Kier alpha value is -3.07. The topological polar surface area (TPSA) is 94.5 Å². The van der Waals surface area contributed by atoms with Gasteiger partial charge in [-0.05, 0) is 77.8 Å². The maximum absolute atomic E-state index is 13.3. The number of nitrogens with zero attached hydrogens (tertiary/aromatic N) is 2. The lowest BCUT2D eigenvalue weighted by molar-refractivity contribution is 0.0522. The van der Waals surface area contributed by atoms with Crippen molar-refractivity contribution >= 4 is 38.8 Å². The van der Waals surface area contributed by atoms with Crippen LogP contribution < -0.4 is 15.4 Å². The molecule has 0 spiro atoms. The van der Waals surface area contributed by atoms with Gasteiger partial charge in [0.2, 0.25) is 5.88 Å². The molecule has 0 atom stereocenters. The van der Waals surface area contributed by atoms with Gasteiger partial charge in [0.05, 0.1) is 30.4 Å². The molecule has 0 aliphatic heterocycles. The lowest BCUT2D eigenvalue weighted by Gasteiger charge is -2.20. The number of ether oxygens (including phenoxy) is 2. The Morgan fingerprint density at radius 2 is 1.78 bits per heavy atom. The molecule has 0 unspecified atom stereocenters. The van der Waals surface area contributed by atoms with E-state index in [0.29, 0.717) is 17.1 Å².